The largest absolute Gasteiger partial charge is 0.367 e. The summed E-state index contributed by atoms with van der Waals surface area (Å²) in [5.41, 5.74) is 0.909. The molecule has 0 aliphatic heterocycles. The topological polar surface area (TPSA) is 49.8 Å². The van der Waals surface area contributed by atoms with Crippen molar-refractivity contribution in [2.24, 2.45) is 0 Å². The van der Waals surface area contributed by atoms with Crippen LogP contribution in [-0.2, 0) is 0 Å². The standard InChI is InChI=1S/C19H18F2N4/c20-12-9-10-17(15(21)11-12)24-19-23-16-8-4-3-7-14(16)18(25-19)22-13-5-1-2-6-13/h3-4,7-11,13H,1-2,5-6H2,(H2,22,23,24,25). The third-order valence-corrected chi connectivity index (χ3v) is 4.48. The van der Waals surface area contributed by atoms with Gasteiger partial charge in [0.2, 0.25) is 5.95 Å². The highest BCUT2D eigenvalue weighted by atomic mass is 19.1. The van der Waals surface area contributed by atoms with Crippen molar-refractivity contribution >= 4 is 28.4 Å². The number of para-hydroxylation sites is 1. The van der Waals surface area contributed by atoms with Gasteiger partial charge < -0.3 is 10.6 Å². The van der Waals surface area contributed by atoms with Gasteiger partial charge in [-0.1, -0.05) is 25.0 Å². The van der Waals surface area contributed by atoms with E-state index in [9.17, 15) is 8.78 Å². The normalized spacial score (nSPS) is 14.8. The smallest absolute Gasteiger partial charge is 0.229 e. The number of aromatic nitrogens is 2. The second kappa shape index (κ2) is 6.63. The van der Waals surface area contributed by atoms with Crippen LogP contribution in [0, 0.1) is 11.6 Å². The average Bonchev–Trinajstić information content (AvgIpc) is 3.10. The lowest BCUT2D eigenvalue weighted by Crippen LogP contribution is -2.16. The second-order valence-electron chi connectivity index (χ2n) is 6.29. The quantitative estimate of drug-likeness (QED) is 0.701. The Labute approximate surface area is 144 Å². The van der Waals surface area contributed by atoms with Crippen LogP contribution >= 0.6 is 0 Å². The minimum atomic E-state index is -0.679. The van der Waals surface area contributed by atoms with Crippen LogP contribution in [0.15, 0.2) is 42.5 Å². The summed E-state index contributed by atoms with van der Waals surface area (Å²) in [6.07, 6.45) is 4.67. The molecule has 1 fully saturated rings. The summed E-state index contributed by atoms with van der Waals surface area (Å²) >= 11 is 0. The van der Waals surface area contributed by atoms with Crippen LogP contribution in [0.3, 0.4) is 0 Å². The number of nitrogens with one attached hydrogen (secondary N) is 2. The summed E-state index contributed by atoms with van der Waals surface area (Å²) in [7, 11) is 0. The van der Waals surface area contributed by atoms with Gasteiger partial charge in [0.15, 0.2) is 0 Å². The van der Waals surface area contributed by atoms with E-state index in [0.29, 0.717) is 6.04 Å². The molecule has 0 amide bonds. The molecule has 1 aliphatic carbocycles. The van der Waals surface area contributed by atoms with Gasteiger partial charge in [0.05, 0.1) is 11.2 Å². The fourth-order valence-electron chi connectivity index (χ4n) is 3.22. The highest BCUT2D eigenvalue weighted by molar-refractivity contribution is 5.90. The second-order valence-corrected chi connectivity index (χ2v) is 6.29. The molecule has 3 aromatic rings. The highest BCUT2D eigenvalue weighted by Crippen LogP contribution is 2.28. The van der Waals surface area contributed by atoms with Gasteiger partial charge in [-0.05, 0) is 37.1 Å². The first kappa shape index (κ1) is 15.7. The zero-order chi connectivity index (χ0) is 17.2. The van der Waals surface area contributed by atoms with Crippen LogP contribution < -0.4 is 10.6 Å². The van der Waals surface area contributed by atoms with E-state index >= 15 is 0 Å². The molecule has 0 radical (unpaired) electrons. The molecule has 6 heteroatoms. The molecular weight excluding hydrogens is 322 g/mol. The van der Waals surface area contributed by atoms with Crippen molar-refractivity contribution < 1.29 is 8.78 Å². The number of fused-ring (bicyclic) bond motifs is 1. The molecule has 4 rings (SSSR count). The first-order valence-electron chi connectivity index (χ1n) is 8.44. The zero-order valence-electron chi connectivity index (χ0n) is 13.6. The molecule has 1 saturated carbocycles. The van der Waals surface area contributed by atoms with Crippen LogP contribution in [0.1, 0.15) is 25.7 Å². The van der Waals surface area contributed by atoms with Crippen molar-refractivity contribution in [3.05, 3.63) is 54.1 Å². The van der Waals surface area contributed by atoms with Gasteiger partial charge >= 0.3 is 0 Å². The van der Waals surface area contributed by atoms with Crippen molar-refractivity contribution in [3.63, 3.8) is 0 Å². The van der Waals surface area contributed by atoms with E-state index in [-0.39, 0.29) is 11.6 Å². The third kappa shape index (κ3) is 3.38. The SMILES string of the molecule is Fc1ccc(Nc2nc(NC3CCCC3)c3ccccc3n2)c(F)c1. The van der Waals surface area contributed by atoms with E-state index in [4.69, 9.17) is 0 Å². The Morgan fingerprint density at radius 2 is 1.76 bits per heavy atom. The maximum absolute atomic E-state index is 13.9. The average molecular weight is 340 g/mol. The van der Waals surface area contributed by atoms with E-state index in [1.807, 2.05) is 24.3 Å². The van der Waals surface area contributed by atoms with Gasteiger partial charge in [-0.15, -0.1) is 0 Å². The molecule has 0 bridgehead atoms. The summed E-state index contributed by atoms with van der Waals surface area (Å²) in [4.78, 5) is 8.98. The predicted molar refractivity (Wildman–Crippen MR) is 95.1 cm³/mol. The van der Waals surface area contributed by atoms with E-state index in [0.717, 1.165) is 35.6 Å². The zero-order valence-corrected chi connectivity index (χ0v) is 13.6. The van der Waals surface area contributed by atoms with Crippen molar-refractivity contribution in [1.82, 2.24) is 9.97 Å². The van der Waals surface area contributed by atoms with Gasteiger partial charge in [-0.3, -0.25) is 0 Å². The van der Waals surface area contributed by atoms with Gasteiger partial charge in [0, 0.05) is 17.5 Å². The Bertz CT molecular complexity index is 907. The van der Waals surface area contributed by atoms with Crippen LogP contribution in [0.25, 0.3) is 10.9 Å². The van der Waals surface area contributed by atoms with E-state index < -0.39 is 11.6 Å². The molecule has 0 spiro atoms. The molecule has 25 heavy (non-hydrogen) atoms. The van der Waals surface area contributed by atoms with Crippen molar-refractivity contribution in [1.29, 1.82) is 0 Å². The fourth-order valence-corrected chi connectivity index (χ4v) is 3.22. The van der Waals surface area contributed by atoms with Gasteiger partial charge in [-0.25, -0.2) is 13.8 Å². The molecule has 0 saturated heterocycles. The van der Waals surface area contributed by atoms with Crippen molar-refractivity contribution in [2.45, 2.75) is 31.7 Å². The highest BCUT2D eigenvalue weighted by Gasteiger charge is 2.17. The Morgan fingerprint density at radius 3 is 2.56 bits per heavy atom. The van der Waals surface area contributed by atoms with Crippen molar-refractivity contribution in [3.8, 4) is 0 Å². The molecule has 4 nitrogen and oxygen atoms in total. The number of nitrogens with zero attached hydrogens (tertiary/aromatic N) is 2. The first-order valence-corrected chi connectivity index (χ1v) is 8.44. The van der Waals surface area contributed by atoms with Crippen LogP contribution in [0.2, 0.25) is 0 Å². The summed E-state index contributed by atoms with van der Waals surface area (Å²) in [6, 6.07) is 11.5. The molecular formula is C19H18F2N4. The number of anilines is 3. The van der Waals surface area contributed by atoms with Crippen LogP contribution in [-0.4, -0.2) is 16.0 Å². The van der Waals surface area contributed by atoms with Crippen LogP contribution in [0.4, 0.5) is 26.2 Å². The Balaban J connectivity index is 1.71. The number of halogens is 2. The minimum absolute atomic E-state index is 0.142. The molecule has 128 valence electrons. The molecule has 0 unspecified atom stereocenters. The van der Waals surface area contributed by atoms with Gasteiger partial charge in [0.25, 0.3) is 0 Å². The number of benzene rings is 2. The lowest BCUT2D eigenvalue weighted by molar-refractivity contribution is 0.586. The maximum atomic E-state index is 13.9. The third-order valence-electron chi connectivity index (χ3n) is 4.48. The summed E-state index contributed by atoms with van der Waals surface area (Å²) in [6.45, 7) is 0. The lowest BCUT2D eigenvalue weighted by Gasteiger charge is -2.16. The lowest BCUT2D eigenvalue weighted by atomic mass is 10.2. The minimum Gasteiger partial charge on any atom is -0.367 e. The predicted octanol–water partition coefficient (Wildman–Crippen LogP) is 5.01. The summed E-state index contributed by atoms with van der Waals surface area (Å²) in [5.74, 6) is -0.277. The first-order chi connectivity index (χ1) is 12.2. The Morgan fingerprint density at radius 1 is 0.960 bits per heavy atom. The van der Waals surface area contributed by atoms with E-state index in [1.165, 1.54) is 25.0 Å². The molecule has 1 aromatic heterocycles. The van der Waals surface area contributed by atoms with Crippen molar-refractivity contribution in [2.75, 3.05) is 10.6 Å². The molecule has 2 aromatic carbocycles. The summed E-state index contributed by atoms with van der Waals surface area (Å²) in [5, 5.41) is 7.27. The molecule has 2 N–H and O–H groups in total. The van der Waals surface area contributed by atoms with E-state index in [2.05, 4.69) is 20.6 Å². The Kier molecular flexibility index (Phi) is 4.17. The van der Waals surface area contributed by atoms with E-state index in [1.54, 1.807) is 0 Å². The number of hydrogen-bond donors (Lipinski definition) is 2. The number of rotatable bonds is 4. The molecule has 1 aliphatic rings. The Hall–Kier alpha value is -2.76. The summed E-state index contributed by atoms with van der Waals surface area (Å²) < 4.78 is 27.0. The fraction of sp³-hybridized carbons (Fsp3) is 0.263. The monoisotopic (exact) mass is 340 g/mol. The van der Waals surface area contributed by atoms with Crippen LogP contribution in [0.5, 0.6) is 0 Å². The van der Waals surface area contributed by atoms with Gasteiger partial charge in [0.1, 0.15) is 17.5 Å². The number of hydrogen-bond acceptors (Lipinski definition) is 4. The molecule has 0 atom stereocenters. The molecule has 1 heterocycles. The maximum Gasteiger partial charge on any atom is 0.229 e. The van der Waals surface area contributed by atoms with Gasteiger partial charge in [-0.2, -0.15) is 4.98 Å².